The summed E-state index contributed by atoms with van der Waals surface area (Å²) in [6, 6.07) is 0. The van der Waals surface area contributed by atoms with Gasteiger partial charge in [-0.25, -0.2) is 4.39 Å². The van der Waals surface area contributed by atoms with E-state index in [1.54, 1.807) is 0 Å². The molecular weight excluding hydrogens is 425 g/mol. The lowest BCUT2D eigenvalue weighted by molar-refractivity contribution is -0.459. The number of thiol groups is 1. The molecule has 0 spiro atoms. The van der Waals surface area contributed by atoms with Crippen molar-refractivity contribution in [2.24, 2.45) is 0 Å². The van der Waals surface area contributed by atoms with Crippen molar-refractivity contribution in [2.75, 3.05) is 5.75 Å². The topological polar surface area (TPSA) is 0 Å². The molecule has 0 aliphatic carbocycles. The van der Waals surface area contributed by atoms with E-state index in [-0.39, 0.29) is 0 Å². The molecule has 0 amide bonds. The molecule has 0 aromatic rings. The summed E-state index contributed by atoms with van der Waals surface area (Å²) in [5, 5.41) is 0. The van der Waals surface area contributed by atoms with Gasteiger partial charge in [0.1, 0.15) is 0 Å². The van der Waals surface area contributed by atoms with Crippen LogP contribution in [0.15, 0.2) is 0 Å². The molecule has 0 saturated heterocycles. The first kappa shape index (κ1) is 24.3. The van der Waals surface area contributed by atoms with E-state index in [9.17, 15) is 65.9 Å². The normalized spacial score (nSPS) is 16.3. The Balaban J connectivity index is 7.01. The Morgan fingerprint density at radius 3 is 0.960 bits per heavy atom. The Morgan fingerprint density at radius 1 is 0.480 bits per heavy atom. The van der Waals surface area contributed by atoms with Gasteiger partial charge in [-0.05, 0) is 5.75 Å². The van der Waals surface area contributed by atoms with Crippen molar-refractivity contribution in [3.63, 3.8) is 0 Å². The molecule has 0 nitrogen and oxygen atoms in total. The molecule has 0 aliphatic heterocycles. The van der Waals surface area contributed by atoms with Crippen LogP contribution in [-0.4, -0.2) is 47.5 Å². The highest BCUT2D eigenvalue weighted by molar-refractivity contribution is 7.80. The predicted molar refractivity (Wildman–Crippen MR) is 54.2 cm³/mol. The molecular formula is C9H5F15S. The summed E-state index contributed by atoms with van der Waals surface area (Å²) < 4.78 is 191. The summed E-state index contributed by atoms with van der Waals surface area (Å²) >= 11 is 2.85. The molecule has 25 heavy (non-hydrogen) atoms. The van der Waals surface area contributed by atoms with Gasteiger partial charge in [-0.2, -0.15) is 74.1 Å². The second kappa shape index (κ2) is 6.18. The van der Waals surface area contributed by atoms with Gasteiger partial charge in [-0.3, -0.25) is 0 Å². The number of rotatable bonds is 6. The Bertz CT molecular complexity index is 446. The molecule has 0 saturated carbocycles. The van der Waals surface area contributed by atoms with Crippen molar-refractivity contribution >= 4 is 12.6 Å². The van der Waals surface area contributed by atoms with Crippen LogP contribution < -0.4 is 0 Å². The lowest BCUT2D eigenvalue weighted by Crippen LogP contribution is -2.78. The molecule has 0 fully saturated rings. The molecule has 0 radical (unpaired) electrons. The van der Waals surface area contributed by atoms with Crippen LogP contribution in [0.4, 0.5) is 65.9 Å². The molecule has 0 unspecified atom stereocenters. The zero-order valence-corrected chi connectivity index (χ0v) is 11.9. The number of halogens is 15. The van der Waals surface area contributed by atoms with Crippen LogP contribution in [0.5, 0.6) is 0 Å². The summed E-state index contributed by atoms with van der Waals surface area (Å²) in [5.74, 6) is -32.2. The molecule has 0 aliphatic rings. The second-order valence-corrected chi connectivity index (χ2v) is 5.00. The summed E-state index contributed by atoms with van der Waals surface area (Å²) in [6.07, 6.45) is -18.2. The van der Waals surface area contributed by atoms with Crippen LogP contribution in [0.2, 0.25) is 0 Å². The van der Waals surface area contributed by atoms with E-state index in [1.165, 1.54) is 0 Å². The van der Waals surface area contributed by atoms with Crippen molar-refractivity contribution in [3.8, 4) is 0 Å². The first-order valence-electron chi connectivity index (χ1n) is 5.50. The first-order chi connectivity index (χ1) is 10.6. The standard InChI is InChI=1S/C9H5F15S/c10-3(11,1-2-25)5(13,14)4(12,6(15,16)8(19,20)21)7(17,18)9(22,23)24/h25H,1-2H2. The van der Waals surface area contributed by atoms with E-state index in [0.717, 1.165) is 0 Å². The van der Waals surface area contributed by atoms with Crippen LogP contribution in [0.1, 0.15) is 6.42 Å². The second-order valence-electron chi connectivity index (χ2n) is 4.56. The van der Waals surface area contributed by atoms with E-state index in [4.69, 9.17) is 0 Å². The molecule has 0 heterocycles. The third kappa shape index (κ3) is 3.22. The van der Waals surface area contributed by atoms with Crippen LogP contribution in [-0.2, 0) is 0 Å². The van der Waals surface area contributed by atoms with E-state index >= 15 is 0 Å². The fourth-order valence-electron chi connectivity index (χ4n) is 1.53. The van der Waals surface area contributed by atoms with Gasteiger partial charge in [0.2, 0.25) is 0 Å². The van der Waals surface area contributed by atoms with Crippen molar-refractivity contribution in [2.45, 2.75) is 48.1 Å². The summed E-state index contributed by atoms with van der Waals surface area (Å²) in [5.41, 5.74) is -8.39. The minimum Gasteiger partial charge on any atom is -0.222 e. The molecule has 16 heteroatoms. The van der Waals surface area contributed by atoms with E-state index < -0.39 is 53.9 Å². The average molecular weight is 430 g/mol. The summed E-state index contributed by atoms with van der Waals surface area (Å²) in [4.78, 5) is 0. The Kier molecular flexibility index (Phi) is 6.01. The Labute approximate surface area is 133 Å². The number of hydrogen-bond acceptors (Lipinski definition) is 1. The minimum absolute atomic E-state index is 1.51. The third-order valence-corrected chi connectivity index (χ3v) is 3.12. The van der Waals surface area contributed by atoms with Gasteiger partial charge in [0, 0.05) is 6.42 Å². The van der Waals surface area contributed by atoms with Crippen molar-refractivity contribution in [1.82, 2.24) is 0 Å². The van der Waals surface area contributed by atoms with Gasteiger partial charge in [-0.1, -0.05) is 0 Å². The van der Waals surface area contributed by atoms with Gasteiger partial charge < -0.3 is 0 Å². The number of alkyl halides is 15. The maximum atomic E-state index is 13.7. The maximum Gasteiger partial charge on any atom is 0.457 e. The molecule has 0 atom stereocenters. The monoisotopic (exact) mass is 430 g/mol. The lowest BCUT2D eigenvalue weighted by Gasteiger charge is -2.45. The van der Waals surface area contributed by atoms with E-state index in [1.807, 2.05) is 0 Å². The van der Waals surface area contributed by atoms with Gasteiger partial charge in [0.05, 0.1) is 0 Å². The molecule has 152 valence electrons. The average Bonchev–Trinajstić information content (AvgIpc) is 2.33. The zero-order chi connectivity index (χ0) is 20.9. The quantitative estimate of drug-likeness (QED) is 0.407. The predicted octanol–water partition coefficient (Wildman–Crippen LogP) is 5.68. The molecule has 0 aromatic carbocycles. The fraction of sp³-hybridized carbons (Fsp3) is 1.00. The highest BCUT2D eigenvalue weighted by Crippen LogP contribution is 2.65. The molecule has 0 rings (SSSR count). The van der Waals surface area contributed by atoms with Crippen molar-refractivity contribution in [3.05, 3.63) is 0 Å². The minimum atomic E-state index is -8.39. The summed E-state index contributed by atoms with van der Waals surface area (Å²) in [7, 11) is 0. The highest BCUT2D eigenvalue weighted by Gasteiger charge is 2.96. The van der Waals surface area contributed by atoms with Crippen LogP contribution >= 0.6 is 12.6 Å². The molecule has 0 aromatic heterocycles. The largest absolute Gasteiger partial charge is 0.457 e. The first-order valence-corrected chi connectivity index (χ1v) is 6.14. The van der Waals surface area contributed by atoms with Crippen LogP contribution in [0, 0.1) is 0 Å². The highest BCUT2D eigenvalue weighted by atomic mass is 32.1. The van der Waals surface area contributed by atoms with Gasteiger partial charge >= 0.3 is 41.7 Å². The van der Waals surface area contributed by atoms with Crippen LogP contribution in [0.3, 0.4) is 0 Å². The van der Waals surface area contributed by atoms with Gasteiger partial charge in [-0.15, -0.1) is 0 Å². The van der Waals surface area contributed by atoms with Gasteiger partial charge in [0.15, 0.2) is 0 Å². The zero-order valence-electron chi connectivity index (χ0n) is 11.0. The van der Waals surface area contributed by atoms with Crippen molar-refractivity contribution < 1.29 is 65.9 Å². The lowest BCUT2D eigenvalue weighted by atomic mass is 9.79. The summed E-state index contributed by atoms with van der Waals surface area (Å²) in [6.45, 7) is 0. The Morgan fingerprint density at radius 2 is 0.760 bits per heavy atom. The van der Waals surface area contributed by atoms with Crippen LogP contribution in [0.25, 0.3) is 0 Å². The Hall–Kier alpha value is -0.700. The van der Waals surface area contributed by atoms with Crippen molar-refractivity contribution in [1.29, 1.82) is 0 Å². The maximum absolute atomic E-state index is 13.7. The smallest absolute Gasteiger partial charge is 0.222 e. The third-order valence-electron chi connectivity index (χ3n) is 2.90. The molecule has 0 N–H and O–H groups in total. The fourth-order valence-corrected chi connectivity index (χ4v) is 1.81. The SMILES string of the molecule is FC(F)(F)C(F)(F)C(F)(C(F)(F)C(F)(F)F)C(F)(F)C(F)(F)CCS. The number of hydrogen-bond donors (Lipinski definition) is 1. The van der Waals surface area contributed by atoms with E-state index in [2.05, 4.69) is 12.6 Å². The van der Waals surface area contributed by atoms with E-state index in [0.29, 0.717) is 0 Å². The van der Waals surface area contributed by atoms with Gasteiger partial charge in [0.25, 0.3) is 0 Å². The molecule has 0 bridgehead atoms.